The highest BCUT2D eigenvalue weighted by Gasteiger charge is 2.38. The van der Waals surface area contributed by atoms with Crippen molar-refractivity contribution in [1.29, 1.82) is 0 Å². The van der Waals surface area contributed by atoms with Gasteiger partial charge < -0.3 is 9.30 Å². The standard InChI is InChI=1S/C13H13FN2OS/c14-12-3-1-11(2-4-12)13(17-7-8-18-13)9-16-6-5-15-10-16/h1-6,10H,7-9H2. The van der Waals surface area contributed by atoms with Crippen molar-refractivity contribution in [3.05, 3.63) is 54.4 Å². The van der Waals surface area contributed by atoms with Crippen LogP contribution in [-0.4, -0.2) is 21.9 Å². The van der Waals surface area contributed by atoms with Gasteiger partial charge in [0.05, 0.1) is 19.5 Å². The molecule has 5 heteroatoms. The molecule has 1 saturated heterocycles. The van der Waals surface area contributed by atoms with Crippen LogP contribution in [0.5, 0.6) is 0 Å². The molecule has 1 aliphatic heterocycles. The lowest BCUT2D eigenvalue weighted by atomic mass is 10.1. The Hall–Kier alpha value is -1.33. The van der Waals surface area contributed by atoms with E-state index in [-0.39, 0.29) is 5.82 Å². The Bertz CT molecular complexity index is 506. The van der Waals surface area contributed by atoms with Crippen LogP contribution >= 0.6 is 11.8 Å². The van der Waals surface area contributed by atoms with Crippen molar-refractivity contribution in [2.24, 2.45) is 0 Å². The summed E-state index contributed by atoms with van der Waals surface area (Å²) in [6.07, 6.45) is 5.43. The average Bonchev–Trinajstić information content (AvgIpc) is 3.03. The maximum Gasteiger partial charge on any atom is 0.157 e. The minimum Gasteiger partial charge on any atom is -0.357 e. The molecule has 18 heavy (non-hydrogen) atoms. The largest absolute Gasteiger partial charge is 0.357 e. The molecule has 0 N–H and O–H groups in total. The van der Waals surface area contributed by atoms with Gasteiger partial charge in [-0.05, 0) is 17.7 Å². The van der Waals surface area contributed by atoms with Crippen LogP contribution in [0, 0.1) is 5.82 Å². The Kier molecular flexibility index (Phi) is 3.09. The summed E-state index contributed by atoms with van der Waals surface area (Å²) in [4.78, 5) is 3.62. The zero-order chi connectivity index (χ0) is 12.4. The van der Waals surface area contributed by atoms with Gasteiger partial charge in [-0.3, -0.25) is 0 Å². The molecule has 1 atom stereocenters. The topological polar surface area (TPSA) is 27.1 Å². The number of thioether (sulfide) groups is 1. The van der Waals surface area contributed by atoms with Crippen LogP contribution in [0.2, 0.25) is 0 Å². The summed E-state index contributed by atoms with van der Waals surface area (Å²) in [6.45, 7) is 1.40. The molecule has 0 amide bonds. The Morgan fingerprint density at radius 2 is 2.22 bits per heavy atom. The minimum absolute atomic E-state index is 0.223. The fourth-order valence-corrected chi connectivity index (χ4v) is 3.33. The van der Waals surface area contributed by atoms with E-state index < -0.39 is 4.93 Å². The quantitative estimate of drug-likeness (QED) is 0.852. The van der Waals surface area contributed by atoms with E-state index in [9.17, 15) is 4.39 Å². The summed E-state index contributed by atoms with van der Waals surface area (Å²) in [5, 5.41) is 0. The van der Waals surface area contributed by atoms with E-state index in [1.807, 2.05) is 10.8 Å². The van der Waals surface area contributed by atoms with E-state index in [4.69, 9.17) is 4.74 Å². The Morgan fingerprint density at radius 3 is 2.83 bits per heavy atom. The van der Waals surface area contributed by atoms with Gasteiger partial charge in [-0.2, -0.15) is 0 Å². The number of ether oxygens (including phenoxy) is 1. The highest BCUT2D eigenvalue weighted by Crippen LogP contribution is 2.43. The van der Waals surface area contributed by atoms with E-state index in [0.717, 1.165) is 17.9 Å². The summed E-state index contributed by atoms with van der Waals surface area (Å²) in [5.74, 6) is 0.728. The van der Waals surface area contributed by atoms with Gasteiger partial charge in [0.15, 0.2) is 4.93 Å². The Balaban J connectivity index is 1.93. The van der Waals surface area contributed by atoms with E-state index in [1.165, 1.54) is 12.1 Å². The van der Waals surface area contributed by atoms with E-state index in [2.05, 4.69) is 4.98 Å². The summed E-state index contributed by atoms with van der Waals surface area (Å²) < 4.78 is 20.9. The lowest BCUT2D eigenvalue weighted by Crippen LogP contribution is -2.27. The first-order valence-corrected chi connectivity index (χ1v) is 6.77. The fourth-order valence-electron chi connectivity index (χ4n) is 2.13. The van der Waals surface area contributed by atoms with Gasteiger partial charge in [0.25, 0.3) is 0 Å². The smallest absolute Gasteiger partial charge is 0.157 e. The molecule has 1 aromatic heterocycles. The Labute approximate surface area is 109 Å². The molecule has 1 fully saturated rings. The summed E-state index contributed by atoms with van der Waals surface area (Å²) in [5.41, 5.74) is 1.00. The molecule has 2 heterocycles. The van der Waals surface area contributed by atoms with Crippen LogP contribution in [0.3, 0.4) is 0 Å². The Morgan fingerprint density at radius 1 is 1.39 bits per heavy atom. The molecule has 3 nitrogen and oxygen atoms in total. The molecular formula is C13H13FN2OS. The van der Waals surface area contributed by atoms with Crippen LogP contribution in [0.25, 0.3) is 0 Å². The fraction of sp³-hybridized carbons (Fsp3) is 0.308. The van der Waals surface area contributed by atoms with Crippen molar-refractivity contribution in [3.63, 3.8) is 0 Å². The SMILES string of the molecule is Fc1ccc(C2(Cn3ccnc3)OCCS2)cc1. The first kappa shape index (κ1) is 11.7. The average molecular weight is 264 g/mol. The molecular weight excluding hydrogens is 251 g/mol. The van der Waals surface area contributed by atoms with Crippen LogP contribution in [-0.2, 0) is 16.2 Å². The third-order valence-corrected chi connectivity index (χ3v) is 4.31. The van der Waals surface area contributed by atoms with Crippen LogP contribution < -0.4 is 0 Å². The number of hydrogen-bond acceptors (Lipinski definition) is 3. The minimum atomic E-state index is -0.422. The van der Waals surface area contributed by atoms with Crippen molar-refractivity contribution in [2.75, 3.05) is 12.4 Å². The molecule has 0 spiro atoms. The van der Waals surface area contributed by atoms with Gasteiger partial charge in [-0.1, -0.05) is 12.1 Å². The number of benzene rings is 1. The van der Waals surface area contributed by atoms with Crippen molar-refractivity contribution in [1.82, 2.24) is 9.55 Å². The van der Waals surface area contributed by atoms with Gasteiger partial charge in [0.2, 0.25) is 0 Å². The lowest BCUT2D eigenvalue weighted by molar-refractivity contribution is 0.0357. The van der Waals surface area contributed by atoms with Crippen LogP contribution in [0.4, 0.5) is 4.39 Å². The number of aromatic nitrogens is 2. The summed E-state index contributed by atoms with van der Waals surface area (Å²) >= 11 is 1.75. The van der Waals surface area contributed by atoms with Gasteiger partial charge in [-0.25, -0.2) is 9.37 Å². The number of nitrogens with zero attached hydrogens (tertiary/aromatic N) is 2. The van der Waals surface area contributed by atoms with Crippen molar-refractivity contribution in [2.45, 2.75) is 11.5 Å². The molecule has 1 aliphatic rings. The molecule has 94 valence electrons. The second kappa shape index (κ2) is 4.74. The second-order valence-corrected chi connectivity index (χ2v) is 5.55. The molecule has 0 bridgehead atoms. The third-order valence-electron chi connectivity index (χ3n) is 2.99. The van der Waals surface area contributed by atoms with Gasteiger partial charge in [0.1, 0.15) is 5.82 Å². The predicted molar refractivity (Wildman–Crippen MR) is 68.7 cm³/mol. The summed E-state index contributed by atoms with van der Waals surface area (Å²) in [6, 6.07) is 6.55. The normalized spacial score (nSPS) is 23.4. The molecule has 2 aromatic rings. The van der Waals surface area contributed by atoms with Crippen LogP contribution in [0.1, 0.15) is 5.56 Å². The molecule has 0 saturated carbocycles. The number of imidazole rings is 1. The van der Waals surface area contributed by atoms with Crippen molar-refractivity contribution < 1.29 is 9.13 Å². The van der Waals surface area contributed by atoms with Crippen LogP contribution in [0.15, 0.2) is 43.0 Å². The highest BCUT2D eigenvalue weighted by molar-refractivity contribution is 8.00. The van der Waals surface area contributed by atoms with E-state index in [1.54, 1.807) is 36.4 Å². The van der Waals surface area contributed by atoms with Gasteiger partial charge in [-0.15, -0.1) is 11.8 Å². The number of rotatable bonds is 3. The summed E-state index contributed by atoms with van der Waals surface area (Å²) in [7, 11) is 0. The number of hydrogen-bond donors (Lipinski definition) is 0. The first-order valence-electron chi connectivity index (χ1n) is 5.78. The zero-order valence-corrected chi connectivity index (χ0v) is 10.6. The molecule has 1 aromatic carbocycles. The second-order valence-electron chi connectivity index (χ2n) is 4.19. The first-order chi connectivity index (χ1) is 8.78. The van der Waals surface area contributed by atoms with E-state index >= 15 is 0 Å². The maximum absolute atomic E-state index is 13.0. The predicted octanol–water partition coefficient (Wildman–Crippen LogP) is 2.64. The molecule has 1 unspecified atom stereocenters. The molecule has 3 rings (SSSR count). The third kappa shape index (κ3) is 2.15. The monoisotopic (exact) mass is 264 g/mol. The highest BCUT2D eigenvalue weighted by atomic mass is 32.2. The van der Waals surface area contributed by atoms with E-state index in [0.29, 0.717) is 6.54 Å². The maximum atomic E-state index is 13.0. The van der Waals surface area contributed by atoms with Crippen molar-refractivity contribution >= 4 is 11.8 Å². The van der Waals surface area contributed by atoms with Gasteiger partial charge >= 0.3 is 0 Å². The van der Waals surface area contributed by atoms with Crippen molar-refractivity contribution in [3.8, 4) is 0 Å². The molecule has 0 aliphatic carbocycles. The van der Waals surface area contributed by atoms with Gasteiger partial charge in [0, 0.05) is 18.1 Å². The zero-order valence-electron chi connectivity index (χ0n) is 9.75. The molecule has 0 radical (unpaired) electrons. The lowest BCUT2D eigenvalue weighted by Gasteiger charge is -2.28. The number of halogens is 1.